The van der Waals surface area contributed by atoms with E-state index in [-0.39, 0.29) is 22.9 Å². The van der Waals surface area contributed by atoms with Crippen LogP contribution in [-0.2, 0) is 23.8 Å². The maximum absolute atomic E-state index is 13.9. The minimum atomic E-state index is -0.291. The number of methoxy groups -OCH3 is 3. The molecule has 0 saturated heterocycles. The van der Waals surface area contributed by atoms with Gasteiger partial charge in [-0.3, -0.25) is 9.59 Å². The molecule has 4 rings (SSSR count). The summed E-state index contributed by atoms with van der Waals surface area (Å²) in [5.41, 5.74) is -0.0826. The van der Waals surface area contributed by atoms with E-state index in [1.165, 1.54) is 7.11 Å². The largest absolute Gasteiger partial charge is 0.469 e. The smallest absolute Gasteiger partial charge is 0.305 e. The van der Waals surface area contributed by atoms with Crippen LogP contribution in [-0.4, -0.2) is 45.3 Å². The van der Waals surface area contributed by atoms with Crippen LogP contribution in [0.5, 0.6) is 0 Å². The van der Waals surface area contributed by atoms with Crippen LogP contribution in [0.4, 0.5) is 0 Å². The van der Waals surface area contributed by atoms with Gasteiger partial charge < -0.3 is 14.2 Å². The molecule has 32 heavy (non-hydrogen) atoms. The standard InChI is InChI=1S/C27H44O5/c1-16(7-10-24(29)32-6)19-8-9-20-25-21(15-23(28)27(19,20)3)26(2)12-11-18(30-4)13-17(26)14-22(25)31-5/h16-22,25H,7-15H2,1-6H3/t16-,17+,18-,19-,20?,21?,22-,25?,26+,27-/m1/s1. The van der Waals surface area contributed by atoms with Gasteiger partial charge in [0.05, 0.1) is 19.3 Å². The van der Waals surface area contributed by atoms with Gasteiger partial charge in [-0.1, -0.05) is 20.8 Å². The van der Waals surface area contributed by atoms with E-state index in [0.717, 1.165) is 44.9 Å². The van der Waals surface area contributed by atoms with Gasteiger partial charge in [0.25, 0.3) is 0 Å². The van der Waals surface area contributed by atoms with Crippen molar-refractivity contribution in [3.05, 3.63) is 0 Å². The molecule has 0 radical (unpaired) electrons. The number of ether oxygens (including phenoxy) is 3. The van der Waals surface area contributed by atoms with E-state index >= 15 is 0 Å². The molecule has 0 heterocycles. The monoisotopic (exact) mass is 448 g/mol. The third-order valence-electron chi connectivity index (χ3n) is 10.9. The number of carbonyl (C=O) groups excluding carboxylic acids is 2. The van der Waals surface area contributed by atoms with Gasteiger partial charge in [0, 0.05) is 32.5 Å². The van der Waals surface area contributed by atoms with Gasteiger partial charge >= 0.3 is 5.97 Å². The van der Waals surface area contributed by atoms with E-state index in [1.807, 2.05) is 14.2 Å². The lowest BCUT2D eigenvalue weighted by Crippen LogP contribution is -2.61. The van der Waals surface area contributed by atoms with Gasteiger partial charge in [-0.2, -0.15) is 0 Å². The Morgan fingerprint density at radius 2 is 1.81 bits per heavy atom. The molecule has 5 nitrogen and oxygen atoms in total. The van der Waals surface area contributed by atoms with Crippen molar-refractivity contribution < 1.29 is 23.8 Å². The lowest BCUT2D eigenvalue weighted by atomic mass is 9.43. The minimum Gasteiger partial charge on any atom is -0.469 e. The van der Waals surface area contributed by atoms with Crippen LogP contribution >= 0.6 is 0 Å². The maximum atomic E-state index is 13.9. The van der Waals surface area contributed by atoms with Crippen LogP contribution in [0.1, 0.15) is 78.6 Å². The molecule has 10 atom stereocenters. The van der Waals surface area contributed by atoms with Crippen LogP contribution in [0, 0.1) is 46.3 Å². The summed E-state index contributed by atoms with van der Waals surface area (Å²) in [5.74, 6) is 2.85. The molecule has 0 amide bonds. The Kier molecular flexibility index (Phi) is 6.82. The summed E-state index contributed by atoms with van der Waals surface area (Å²) in [4.78, 5) is 25.7. The summed E-state index contributed by atoms with van der Waals surface area (Å²) in [7, 11) is 5.16. The van der Waals surface area contributed by atoms with E-state index in [1.54, 1.807) is 0 Å². The molecule has 0 bridgehead atoms. The molecule has 0 aromatic heterocycles. The van der Waals surface area contributed by atoms with Crippen LogP contribution in [0.2, 0.25) is 0 Å². The van der Waals surface area contributed by atoms with Gasteiger partial charge in [0.2, 0.25) is 0 Å². The Hall–Kier alpha value is -0.940. The van der Waals surface area contributed by atoms with Crippen molar-refractivity contribution in [2.24, 2.45) is 46.3 Å². The zero-order valence-electron chi connectivity index (χ0n) is 21.0. The van der Waals surface area contributed by atoms with Crippen molar-refractivity contribution in [1.82, 2.24) is 0 Å². The summed E-state index contributed by atoms with van der Waals surface area (Å²) < 4.78 is 16.8. The van der Waals surface area contributed by atoms with E-state index < -0.39 is 0 Å². The van der Waals surface area contributed by atoms with Gasteiger partial charge in [-0.25, -0.2) is 0 Å². The van der Waals surface area contributed by atoms with E-state index in [0.29, 0.717) is 60.2 Å². The van der Waals surface area contributed by atoms with Crippen molar-refractivity contribution in [3.63, 3.8) is 0 Å². The summed E-state index contributed by atoms with van der Waals surface area (Å²) in [5, 5.41) is 0. The average Bonchev–Trinajstić information content (AvgIpc) is 3.15. The Balaban J connectivity index is 1.60. The molecule has 4 aliphatic carbocycles. The fourth-order valence-corrected chi connectivity index (χ4v) is 8.93. The third-order valence-corrected chi connectivity index (χ3v) is 10.9. The number of fused-ring (bicyclic) bond motifs is 5. The summed E-state index contributed by atoms with van der Waals surface area (Å²) in [6.45, 7) is 6.96. The summed E-state index contributed by atoms with van der Waals surface area (Å²) >= 11 is 0. The molecule has 4 aliphatic rings. The fourth-order valence-electron chi connectivity index (χ4n) is 8.93. The molecule has 3 unspecified atom stereocenters. The second-order valence-electron chi connectivity index (χ2n) is 11.8. The van der Waals surface area contributed by atoms with Crippen LogP contribution in [0.3, 0.4) is 0 Å². The SMILES string of the molecule is COC(=O)CC[C@@H](C)[C@H]1CCC2C3C(CC(=O)[C@@]21C)[C@@]1(C)CC[C@@H](OC)C[C@H]1C[C@H]3OC. The van der Waals surface area contributed by atoms with Crippen LogP contribution in [0.25, 0.3) is 0 Å². The van der Waals surface area contributed by atoms with Crippen molar-refractivity contribution in [1.29, 1.82) is 0 Å². The molecule has 0 aliphatic heterocycles. The quantitative estimate of drug-likeness (QED) is 0.532. The molecule has 0 aromatic rings. The number of ketones is 1. The highest BCUT2D eigenvalue weighted by atomic mass is 16.5. The number of carbonyl (C=O) groups is 2. The first-order valence-electron chi connectivity index (χ1n) is 12.9. The summed E-state index contributed by atoms with van der Waals surface area (Å²) in [6, 6.07) is 0. The second-order valence-corrected chi connectivity index (χ2v) is 11.8. The molecule has 182 valence electrons. The molecular weight excluding hydrogens is 404 g/mol. The Morgan fingerprint density at radius 1 is 1.06 bits per heavy atom. The Morgan fingerprint density at radius 3 is 2.47 bits per heavy atom. The number of rotatable bonds is 6. The molecule has 4 fully saturated rings. The highest BCUT2D eigenvalue weighted by molar-refractivity contribution is 5.87. The molecule has 5 heteroatoms. The first kappa shape index (κ1) is 24.2. The molecule has 0 N–H and O–H groups in total. The van der Waals surface area contributed by atoms with Gasteiger partial charge in [0.1, 0.15) is 5.78 Å². The second kappa shape index (κ2) is 9.02. The van der Waals surface area contributed by atoms with Crippen molar-refractivity contribution in [2.75, 3.05) is 21.3 Å². The predicted molar refractivity (Wildman–Crippen MR) is 123 cm³/mol. The van der Waals surface area contributed by atoms with Crippen LogP contribution in [0.15, 0.2) is 0 Å². The predicted octanol–water partition coefficient (Wildman–Crippen LogP) is 5.05. The number of hydrogen-bond donors (Lipinski definition) is 0. The van der Waals surface area contributed by atoms with Crippen molar-refractivity contribution >= 4 is 11.8 Å². The fraction of sp³-hybridized carbons (Fsp3) is 0.926. The highest BCUT2D eigenvalue weighted by Gasteiger charge is 2.66. The maximum Gasteiger partial charge on any atom is 0.305 e. The van der Waals surface area contributed by atoms with Crippen LogP contribution < -0.4 is 0 Å². The van der Waals surface area contributed by atoms with E-state index in [4.69, 9.17) is 14.2 Å². The third kappa shape index (κ3) is 3.66. The molecular formula is C27H44O5. The Labute approximate surface area is 194 Å². The first-order valence-corrected chi connectivity index (χ1v) is 12.9. The Bertz CT molecular complexity index is 721. The van der Waals surface area contributed by atoms with E-state index in [9.17, 15) is 9.59 Å². The topological polar surface area (TPSA) is 61.8 Å². The van der Waals surface area contributed by atoms with Gasteiger partial charge in [-0.05, 0) is 85.9 Å². The number of hydrogen-bond acceptors (Lipinski definition) is 5. The molecule has 0 spiro atoms. The lowest BCUT2D eigenvalue weighted by Gasteiger charge is -2.62. The van der Waals surface area contributed by atoms with Gasteiger partial charge in [-0.15, -0.1) is 0 Å². The molecule has 4 saturated carbocycles. The summed E-state index contributed by atoms with van der Waals surface area (Å²) in [6.07, 6.45) is 9.16. The zero-order chi connectivity index (χ0) is 23.3. The zero-order valence-corrected chi connectivity index (χ0v) is 21.0. The highest BCUT2D eigenvalue weighted by Crippen LogP contribution is 2.67. The normalized spacial score (nSPS) is 46.7. The van der Waals surface area contributed by atoms with Crippen molar-refractivity contribution in [3.8, 4) is 0 Å². The number of esters is 1. The minimum absolute atomic E-state index is 0.149. The lowest BCUT2D eigenvalue weighted by molar-refractivity contribution is -0.187. The average molecular weight is 449 g/mol. The molecule has 0 aromatic carbocycles. The number of Topliss-reactive ketones (excluding diaryl/α,β-unsaturated/α-hetero) is 1. The van der Waals surface area contributed by atoms with Crippen molar-refractivity contribution in [2.45, 2.75) is 90.8 Å². The van der Waals surface area contributed by atoms with Gasteiger partial charge in [0.15, 0.2) is 0 Å². The first-order chi connectivity index (χ1) is 15.2. The van der Waals surface area contributed by atoms with E-state index in [2.05, 4.69) is 20.8 Å².